The lowest BCUT2D eigenvalue weighted by Crippen LogP contribution is -2.29. The molecule has 2 aromatic carbocycles. The van der Waals surface area contributed by atoms with E-state index in [4.69, 9.17) is 4.74 Å². The van der Waals surface area contributed by atoms with Crippen LogP contribution >= 0.6 is 0 Å². The number of carbonyl (C=O) groups is 1. The number of nitrogens with one attached hydrogen (secondary N) is 2. The number of nitrogens with zero attached hydrogens (tertiary/aromatic N) is 1. The first-order valence-electron chi connectivity index (χ1n) is 8.87. The van der Waals surface area contributed by atoms with Gasteiger partial charge >= 0.3 is 10.2 Å². The maximum absolute atomic E-state index is 12.0. The van der Waals surface area contributed by atoms with E-state index in [9.17, 15) is 18.3 Å². The van der Waals surface area contributed by atoms with E-state index in [1.54, 1.807) is 12.1 Å². The Balaban J connectivity index is 1.71. The second-order valence-corrected chi connectivity index (χ2v) is 8.33. The molecule has 8 nitrogen and oxygen atoms in total. The van der Waals surface area contributed by atoms with E-state index < -0.39 is 16.1 Å². The molecular weight excluding hydrogens is 382 g/mol. The molecule has 0 aliphatic carbocycles. The van der Waals surface area contributed by atoms with Gasteiger partial charge in [-0.15, -0.1) is 0 Å². The SMILES string of the molecule is CC(C)Oc1ccccc1CNCc1ccc(O)c(N2CC(=O)NS2(=O)=O)c1. The fraction of sp³-hybridized carbons (Fsp3) is 0.316. The van der Waals surface area contributed by atoms with Gasteiger partial charge in [0.05, 0.1) is 11.8 Å². The van der Waals surface area contributed by atoms with Gasteiger partial charge in [-0.05, 0) is 37.6 Å². The third kappa shape index (κ3) is 4.55. The standard InChI is InChI=1S/C19H23N3O5S/c1-13(2)27-18-6-4-3-5-15(18)11-20-10-14-7-8-17(23)16(9-14)22-12-19(24)21-28(22,25)26/h3-9,13,20,23H,10-12H2,1-2H3,(H,21,24). The zero-order valence-corrected chi connectivity index (χ0v) is 16.5. The van der Waals surface area contributed by atoms with E-state index in [0.717, 1.165) is 21.2 Å². The summed E-state index contributed by atoms with van der Waals surface area (Å²) in [6, 6.07) is 12.4. The number of para-hydroxylation sites is 1. The monoisotopic (exact) mass is 405 g/mol. The van der Waals surface area contributed by atoms with Crippen LogP contribution in [0.25, 0.3) is 0 Å². The van der Waals surface area contributed by atoms with Gasteiger partial charge in [-0.2, -0.15) is 8.42 Å². The summed E-state index contributed by atoms with van der Waals surface area (Å²) in [5.41, 5.74) is 1.85. The molecule has 9 heteroatoms. The number of rotatable bonds is 7. The number of aromatic hydroxyl groups is 1. The van der Waals surface area contributed by atoms with Crippen molar-refractivity contribution in [1.82, 2.24) is 10.0 Å². The first-order chi connectivity index (χ1) is 13.3. The molecular formula is C19H23N3O5S. The second-order valence-electron chi connectivity index (χ2n) is 6.74. The predicted octanol–water partition coefficient (Wildman–Crippen LogP) is 1.65. The highest BCUT2D eigenvalue weighted by molar-refractivity contribution is 7.92. The van der Waals surface area contributed by atoms with Gasteiger partial charge in [-0.1, -0.05) is 24.3 Å². The summed E-state index contributed by atoms with van der Waals surface area (Å²) in [7, 11) is -3.97. The van der Waals surface area contributed by atoms with Crippen molar-refractivity contribution in [3.05, 3.63) is 53.6 Å². The number of phenolic OH excluding ortho intramolecular Hbond substituents is 1. The van der Waals surface area contributed by atoms with Gasteiger partial charge in [0, 0.05) is 18.7 Å². The van der Waals surface area contributed by atoms with Crippen molar-refractivity contribution in [2.24, 2.45) is 0 Å². The highest BCUT2D eigenvalue weighted by Crippen LogP contribution is 2.31. The third-order valence-electron chi connectivity index (χ3n) is 4.11. The second kappa shape index (κ2) is 8.07. The van der Waals surface area contributed by atoms with Gasteiger partial charge in [-0.3, -0.25) is 4.79 Å². The number of benzene rings is 2. The molecule has 1 aliphatic heterocycles. The van der Waals surface area contributed by atoms with E-state index in [1.165, 1.54) is 6.07 Å². The molecule has 0 atom stereocenters. The summed E-state index contributed by atoms with van der Waals surface area (Å²) < 4.78 is 32.6. The Kier molecular flexibility index (Phi) is 5.76. The van der Waals surface area contributed by atoms with Crippen LogP contribution in [-0.2, 0) is 28.1 Å². The molecule has 1 aliphatic rings. The number of anilines is 1. The molecule has 0 bridgehead atoms. The quantitative estimate of drug-likeness (QED) is 0.647. The van der Waals surface area contributed by atoms with Gasteiger partial charge < -0.3 is 15.2 Å². The minimum Gasteiger partial charge on any atom is -0.506 e. The Labute approximate surface area is 164 Å². The molecule has 0 unspecified atom stereocenters. The van der Waals surface area contributed by atoms with E-state index in [0.29, 0.717) is 13.1 Å². The van der Waals surface area contributed by atoms with Crippen molar-refractivity contribution in [2.45, 2.75) is 33.0 Å². The first-order valence-corrected chi connectivity index (χ1v) is 10.3. The van der Waals surface area contributed by atoms with Crippen LogP contribution in [0.4, 0.5) is 5.69 Å². The molecule has 28 heavy (non-hydrogen) atoms. The van der Waals surface area contributed by atoms with Crippen LogP contribution in [0.1, 0.15) is 25.0 Å². The summed E-state index contributed by atoms with van der Waals surface area (Å²) in [5.74, 6) is -0.0340. The van der Waals surface area contributed by atoms with Crippen molar-refractivity contribution in [2.75, 3.05) is 10.8 Å². The molecule has 0 spiro atoms. The molecule has 1 saturated heterocycles. The normalized spacial score (nSPS) is 15.7. The van der Waals surface area contributed by atoms with E-state index in [-0.39, 0.29) is 24.1 Å². The van der Waals surface area contributed by atoms with E-state index in [2.05, 4.69) is 5.32 Å². The fourth-order valence-electron chi connectivity index (χ4n) is 2.90. The van der Waals surface area contributed by atoms with E-state index >= 15 is 0 Å². The lowest BCUT2D eigenvalue weighted by Gasteiger charge is -2.18. The van der Waals surface area contributed by atoms with Gasteiger partial charge in [-0.25, -0.2) is 9.03 Å². The summed E-state index contributed by atoms with van der Waals surface area (Å²) in [6.07, 6.45) is 0.0690. The van der Waals surface area contributed by atoms with Crippen LogP contribution < -0.4 is 19.1 Å². The number of amides is 1. The van der Waals surface area contributed by atoms with Crippen molar-refractivity contribution >= 4 is 21.8 Å². The van der Waals surface area contributed by atoms with Gasteiger partial charge in [0.15, 0.2) is 0 Å². The average molecular weight is 405 g/mol. The molecule has 0 radical (unpaired) electrons. The molecule has 2 aromatic rings. The average Bonchev–Trinajstić information content (AvgIpc) is 2.89. The Morgan fingerprint density at radius 2 is 1.96 bits per heavy atom. The molecule has 0 aromatic heterocycles. The predicted molar refractivity (Wildman–Crippen MR) is 105 cm³/mol. The minimum absolute atomic E-state index is 0.0690. The Bertz CT molecular complexity index is 975. The summed E-state index contributed by atoms with van der Waals surface area (Å²) in [5, 5.41) is 13.3. The molecule has 1 amide bonds. The number of carbonyl (C=O) groups excluding carboxylic acids is 1. The van der Waals surface area contributed by atoms with Crippen LogP contribution in [0.3, 0.4) is 0 Å². The topological polar surface area (TPSA) is 108 Å². The minimum atomic E-state index is -3.97. The van der Waals surface area contributed by atoms with Crippen molar-refractivity contribution in [3.63, 3.8) is 0 Å². The Morgan fingerprint density at radius 1 is 1.21 bits per heavy atom. The molecule has 1 heterocycles. The molecule has 0 saturated carbocycles. The molecule has 3 N–H and O–H groups in total. The van der Waals surface area contributed by atoms with Crippen molar-refractivity contribution < 1.29 is 23.1 Å². The number of hydrogen-bond donors (Lipinski definition) is 3. The van der Waals surface area contributed by atoms with Gasteiger partial charge in [0.1, 0.15) is 18.0 Å². The summed E-state index contributed by atoms with van der Waals surface area (Å²) in [4.78, 5) is 11.4. The summed E-state index contributed by atoms with van der Waals surface area (Å²) in [6.45, 7) is 4.58. The van der Waals surface area contributed by atoms with Crippen LogP contribution in [0.2, 0.25) is 0 Å². The largest absolute Gasteiger partial charge is 0.506 e. The highest BCUT2D eigenvalue weighted by Gasteiger charge is 2.35. The Morgan fingerprint density at radius 3 is 2.64 bits per heavy atom. The van der Waals surface area contributed by atoms with E-state index in [1.807, 2.05) is 42.8 Å². The third-order valence-corrected chi connectivity index (χ3v) is 5.50. The highest BCUT2D eigenvalue weighted by atomic mass is 32.2. The first kappa shape index (κ1) is 20.0. The zero-order valence-electron chi connectivity index (χ0n) is 15.7. The lowest BCUT2D eigenvalue weighted by molar-refractivity contribution is -0.117. The lowest BCUT2D eigenvalue weighted by atomic mass is 10.1. The van der Waals surface area contributed by atoms with Crippen LogP contribution in [0, 0.1) is 0 Å². The molecule has 150 valence electrons. The molecule has 3 rings (SSSR count). The smallest absolute Gasteiger partial charge is 0.326 e. The fourth-order valence-corrected chi connectivity index (χ4v) is 4.06. The van der Waals surface area contributed by atoms with Gasteiger partial charge in [0.25, 0.3) is 5.91 Å². The number of phenols is 1. The number of hydrogen-bond acceptors (Lipinski definition) is 6. The maximum atomic E-state index is 12.0. The summed E-state index contributed by atoms with van der Waals surface area (Å²) >= 11 is 0. The van der Waals surface area contributed by atoms with Crippen LogP contribution in [-0.4, -0.2) is 32.1 Å². The van der Waals surface area contributed by atoms with Crippen molar-refractivity contribution in [3.8, 4) is 11.5 Å². The van der Waals surface area contributed by atoms with Crippen molar-refractivity contribution in [1.29, 1.82) is 0 Å². The molecule has 1 fully saturated rings. The zero-order chi connectivity index (χ0) is 20.3. The maximum Gasteiger partial charge on any atom is 0.326 e. The Hall–Kier alpha value is -2.78. The van der Waals surface area contributed by atoms with Crippen LogP contribution in [0.5, 0.6) is 11.5 Å². The van der Waals surface area contributed by atoms with Gasteiger partial charge in [0.2, 0.25) is 0 Å². The number of ether oxygens (including phenoxy) is 1. The van der Waals surface area contributed by atoms with Crippen LogP contribution in [0.15, 0.2) is 42.5 Å².